The van der Waals surface area contributed by atoms with Crippen molar-refractivity contribution < 1.29 is 0 Å². The predicted molar refractivity (Wildman–Crippen MR) is 67.1 cm³/mol. The van der Waals surface area contributed by atoms with E-state index in [-0.39, 0.29) is 0 Å². The van der Waals surface area contributed by atoms with Crippen molar-refractivity contribution in [2.75, 3.05) is 24.4 Å². The van der Waals surface area contributed by atoms with Crippen molar-refractivity contribution in [2.24, 2.45) is 0 Å². The van der Waals surface area contributed by atoms with Gasteiger partial charge in [-0.3, -0.25) is 0 Å². The first kappa shape index (κ1) is 12.6. The van der Waals surface area contributed by atoms with Gasteiger partial charge in [-0.1, -0.05) is 18.0 Å². The Morgan fingerprint density at radius 3 is 2.67 bits per heavy atom. The number of pyridine rings is 1. The van der Waals surface area contributed by atoms with E-state index in [4.69, 9.17) is 23.2 Å². The minimum absolute atomic E-state index is 0.675. The van der Waals surface area contributed by atoms with Crippen LogP contribution in [-0.4, -0.2) is 24.5 Å². The van der Waals surface area contributed by atoms with E-state index in [2.05, 4.69) is 9.88 Å². The maximum Gasteiger partial charge on any atom is 0.128 e. The lowest BCUT2D eigenvalue weighted by Crippen LogP contribution is -2.19. The maximum atomic E-state index is 5.77. The van der Waals surface area contributed by atoms with Crippen LogP contribution < -0.4 is 4.90 Å². The van der Waals surface area contributed by atoms with Gasteiger partial charge in [-0.15, -0.1) is 11.6 Å². The summed E-state index contributed by atoms with van der Waals surface area (Å²) in [7, 11) is 2.04. The quantitative estimate of drug-likeness (QED) is 0.564. The molecule has 0 amide bonds. The molecule has 0 atom stereocenters. The zero-order valence-corrected chi connectivity index (χ0v) is 10.4. The molecule has 0 saturated heterocycles. The maximum absolute atomic E-state index is 5.77. The van der Waals surface area contributed by atoms with Crippen molar-refractivity contribution in [2.45, 2.75) is 19.3 Å². The SMILES string of the molecule is CN(CCCCCCl)c1ccc(Cl)cn1. The van der Waals surface area contributed by atoms with Crippen molar-refractivity contribution in [3.63, 3.8) is 0 Å². The Morgan fingerprint density at radius 2 is 2.07 bits per heavy atom. The molecule has 1 heterocycles. The number of aromatic nitrogens is 1. The van der Waals surface area contributed by atoms with Crippen molar-refractivity contribution >= 4 is 29.0 Å². The lowest BCUT2D eigenvalue weighted by Gasteiger charge is -2.17. The molecule has 0 aromatic carbocycles. The highest BCUT2D eigenvalue weighted by Crippen LogP contribution is 2.13. The fourth-order valence-corrected chi connectivity index (χ4v) is 1.63. The number of halogens is 2. The summed E-state index contributed by atoms with van der Waals surface area (Å²) in [5.74, 6) is 1.72. The summed E-state index contributed by atoms with van der Waals surface area (Å²) in [6, 6.07) is 3.79. The first-order valence-electron chi connectivity index (χ1n) is 5.12. The van der Waals surface area contributed by atoms with Crippen molar-refractivity contribution in [1.82, 2.24) is 4.98 Å². The van der Waals surface area contributed by atoms with Crippen LogP contribution in [0.25, 0.3) is 0 Å². The number of hydrogen-bond acceptors (Lipinski definition) is 2. The summed E-state index contributed by atoms with van der Waals surface area (Å²) in [5.41, 5.74) is 0. The lowest BCUT2D eigenvalue weighted by molar-refractivity contribution is 0.704. The van der Waals surface area contributed by atoms with Crippen LogP contribution in [0.5, 0.6) is 0 Å². The van der Waals surface area contributed by atoms with Crippen LogP contribution in [0.2, 0.25) is 5.02 Å². The van der Waals surface area contributed by atoms with Gasteiger partial charge in [0.2, 0.25) is 0 Å². The van der Waals surface area contributed by atoms with E-state index in [1.54, 1.807) is 6.20 Å². The van der Waals surface area contributed by atoms with E-state index >= 15 is 0 Å². The Bertz CT molecular complexity index is 274. The summed E-state index contributed by atoms with van der Waals surface area (Å²) < 4.78 is 0. The van der Waals surface area contributed by atoms with E-state index in [9.17, 15) is 0 Å². The number of hydrogen-bond donors (Lipinski definition) is 0. The molecule has 0 unspecified atom stereocenters. The second-order valence-electron chi connectivity index (χ2n) is 3.51. The predicted octanol–water partition coefficient (Wildman–Crippen LogP) is 3.58. The number of rotatable bonds is 6. The van der Waals surface area contributed by atoms with Gasteiger partial charge in [0.25, 0.3) is 0 Å². The minimum atomic E-state index is 0.675. The highest BCUT2D eigenvalue weighted by Gasteiger charge is 2.01. The molecule has 0 spiro atoms. The Labute approximate surface area is 101 Å². The molecule has 0 aliphatic rings. The van der Waals surface area contributed by atoms with Crippen molar-refractivity contribution in [3.05, 3.63) is 23.4 Å². The minimum Gasteiger partial charge on any atom is -0.360 e. The fourth-order valence-electron chi connectivity index (χ4n) is 1.33. The molecule has 0 aliphatic carbocycles. The molecule has 1 aromatic heterocycles. The van der Waals surface area contributed by atoms with Crippen LogP contribution in [0, 0.1) is 0 Å². The largest absolute Gasteiger partial charge is 0.360 e. The summed E-state index contributed by atoms with van der Waals surface area (Å²) in [6.45, 7) is 1.01. The monoisotopic (exact) mass is 246 g/mol. The molecule has 4 heteroatoms. The third-order valence-electron chi connectivity index (χ3n) is 2.23. The van der Waals surface area contributed by atoms with E-state index in [1.165, 1.54) is 6.42 Å². The Morgan fingerprint density at radius 1 is 1.27 bits per heavy atom. The number of anilines is 1. The average Bonchev–Trinajstić information content (AvgIpc) is 2.25. The molecule has 1 rings (SSSR count). The van der Waals surface area contributed by atoms with Crippen LogP contribution in [0.3, 0.4) is 0 Å². The van der Waals surface area contributed by atoms with Gasteiger partial charge in [0.05, 0.1) is 5.02 Å². The summed E-state index contributed by atoms with van der Waals surface area (Å²) >= 11 is 11.4. The molecule has 0 saturated carbocycles. The van der Waals surface area contributed by atoms with E-state index in [1.807, 2.05) is 19.2 Å². The van der Waals surface area contributed by atoms with Gasteiger partial charge >= 0.3 is 0 Å². The van der Waals surface area contributed by atoms with Crippen LogP contribution in [0.15, 0.2) is 18.3 Å². The molecule has 0 aliphatic heterocycles. The molecule has 2 nitrogen and oxygen atoms in total. The van der Waals surface area contributed by atoms with Crippen LogP contribution in [0.1, 0.15) is 19.3 Å². The van der Waals surface area contributed by atoms with E-state index < -0.39 is 0 Å². The van der Waals surface area contributed by atoms with Gasteiger partial charge in [0, 0.05) is 25.7 Å². The normalized spacial score (nSPS) is 10.3. The zero-order chi connectivity index (χ0) is 11.1. The smallest absolute Gasteiger partial charge is 0.128 e. The van der Waals surface area contributed by atoms with E-state index in [0.717, 1.165) is 31.1 Å². The number of alkyl halides is 1. The molecule has 0 bridgehead atoms. The molecule has 1 aromatic rings. The Hall–Kier alpha value is -0.470. The van der Waals surface area contributed by atoms with Gasteiger partial charge < -0.3 is 4.90 Å². The molecule has 15 heavy (non-hydrogen) atoms. The Kier molecular flexibility index (Phi) is 5.81. The van der Waals surface area contributed by atoms with Crippen LogP contribution in [0.4, 0.5) is 5.82 Å². The van der Waals surface area contributed by atoms with Crippen LogP contribution >= 0.6 is 23.2 Å². The first-order valence-corrected chi connectivity index (χ1v) is 6.04. The van der Waals surface area contributed by atoms with Gasteiger partial charge in [-0.05, 0) is 25.0 Å². The summed E-state index contributed by atoms with van der Waals surface area (Å²) in [4.78, 5) is 6.37. The fraction of sp³-hybridized carbons (Fsp3) is 0.545. The third kappa shape index (κ3) is 4.72. The molecular formula is C11H16Cl2N2. The van der Waals surface area contributed by atoms with Gasteiger partial charge in [0.15, 0.2) is 0 Å². The molecule has 0 radical (unpaired) electrons. The molecular weight excluding hydrogens is 231 g/mol. The first-order chi connectivity index (χ1) is 7.24. The lowest BCUT2D eigenvalue weighted by atomic mass is 10.2. The highest BCUT2D eigenvalue weighted by molar-refractivity contribution is 6.30. The van der Waals surface area contributed by atoms with Gasteiger partial charge in [-0.25, -0.2) is 4.98 Å². The van der Waals surface area contributed by atoms with Crippen molar-refractivity contribution in [1.29, 1.82) is 0 Å². The second kappa shape index (κ2) is 6.91. The van der Waals surface area contributed by atoms with Gasteiger partial charge in [-0.2, -0.15) is 0 Å². The highest BCUT2D eigenvalue weighted by atomic mass is 35.5. The molecule has 0 N–H and O–H groups in total. The average molecular weight is 247 g/mol. The number of unbranched alkanes of at least 4 members (excludes halogenated alkanes) is 2. The second-order valence-corrected chi connectivity index (χ2v) is 4.32. The van der Waals surface area contributed by atoms with E-state index in [0.29, 0.717) is 5.02 Å². The third-order valence-corrected chi connectivity index (χ3v) is 2.72. The Balaban J connectivity index is 2.33. The summed E-state index contributed by atoms with van der Waals surface area (Å²) in [5, 5.41) is 0.675. The van der Waals surface area contributed by atoms with Crippen LogP contribution in [-0.2, 0) is 0 Å². The number of nitrogens with zero attached hydrogens (tertiary/aromatic N) is 2. The van der Waals surface area contributed by atoms with Gasteiger partial charge in [0.1, 0.15) is 5.82 Å². The van der Waals surface area contributed by atoms with Crippen molar-refractivity contribution in [3.8, 4) is 0 Å². The standard InChI is InChI=1S/C11H16Cl2N2/c1-15(8-4-2-3-7-12)11-6-5-10(13)9-14-11/h5-6,9H,2-4,7-8H2,1H3. The summed E-state index contributed by atoms with van der Waals surface area (Å²) in [6.07, 6.45) is 5.07. The molecule has 84 valence electrons. The topological polar surface area (TPSA) is 16.1 Å². The molecule has 0 fully saturated rings. The zero-order valence-electron chi connectivity index (χ0n) is 8.92.